The number of benzene rings is 1. The van der Waals surface area contributed by atoms with E-state index in [0.29, 0.717) is 32.0 Å². The second kappa shape index (κ2) is 7.82. The molecule has 1 fully saturated rings. The number of ether oxygens (including phenoxy) is 1. The van der Waals surface area contributed by atoms with Crippen LogP contribution in [0.15, 0.2) is 24.3 Å². The van der Waals surface area contributed by atoms with Crippen molar-refractivity contribution in [1.82, 2.24) is 10.2 Å². The van der Waals surface area contributed by atoms with E-state index < -0.39 is 0 Å². The van der Waals surface area contributed by atoms with Crippen molar-refractivity contribution in [3.63, 3.8) is 0 Å². The molecule has 1 saturated heterocycles. The monoisotopic (exact) mass is 304 g/mol. The van der Waals surface area contributed by atoms with Gasteiger partial charge < -0.3 is 15.0 Å². The molecule has 1 aromatic rings. The van der Waals surface area contributed by atoms with Crippen LogP contribution in [0.3, 0.4) is 0 Å². The van der Waals surface area contributed by atoms with Crippen molar-refractivity contribution in [2.45, 2.75) is 26.2 Å². The zero-order chi connectivity index (χ0) is 15.9. The summed E-state index contributed by atoms with van der Waals surface area (Å²) in [7, 11) is 1.40. The fraction of sp³-hybridized carbons (Fsp3) is 0.529. The van der Waals surface area contributed by atoms with E-state index in [0.717, 1.165) is 18.4 Å². The summed E-state index contributed by atoms with van der Waals surface area (Å²) in [6.45, 7) is 4.10. The molecule has 0 radical (unpaired) electrons. The zero-order valence-electron chi connectivity index (χ0n) is 13.3. The fourth-order valence-electron chi connectivity index (χ4n) is 2.78. The number of rotatable bonds is 4. The molecule has 0 bridgehead atoms. The largest absolute Gasteiger partial charge is 0.453 e. The summed E-state index contributed by atoms with van der Waals surface area (Å²) in [6, 6.07) is 8.01. The molecule has 5 heteroatoms. The standard InChI is InChI=1S/C17H24N2O3/c1-13-4-3-5-15(10-13)11-16(20)18-12-14-6-8-19(9-7-14)17(21)22-2/h3-5,10,14H,6-9,11-12H2,1-2H3,(H,18,20). The SMILES string of the molecule is COC(=O)N1CCC(CNC(=O)Cc2cccc(C)c2)CC1. The fourth-order valence-corrected chi connectivity index (χ4v) is 2.78. The van der Waals surface area contributed by atoms with Crippen molar-refractivity contribution in [2.75, 3.05) is 26.7 Å². The number of nitrogens with zero attached hydrogens (tertiary/aromatic N) is 1. The first-order chi connectivity index (χ1) is 10.6. The topological polar surface area (TPSA) is 58.6 Å². The Morgan fingerprint density at radius 1 is 1.32 bits per heavy atom. The van der Waals surface area contributed by atoms with Gasteiger partial charge in [0.15, 0.2) is 0 Å². The molecule has 120 valence electrons. The third kappa shape index (κ3) is 4.76. The highest BCUT2D eigenvalue weighted by molar-refractivity contribution is 5.78. The second-order valence-electron chi connectivity index (χ2n) is 5.87. The Balaban J connectivity index is 1.70. The van der Waals surface area contributed by atoms with Crippen LogP contribution in [0.4, 0.5) is 4.79 Å². The van der Waals surface area contributed by atoms with E-state index >= 15 is 0 Å². The van der Waals surface area contributed by atoms with E-state index in [-0.39, 0.29) is 12.0 Å². The Bertz CT molecular complexity index is 522. The molecule has 22 heavy (non-hydrogen) atoms. The van der Waals surface area contributed by atoms with E-state index in [1.54, 1.807) is 4.90 Å². The summed E-state index contributed by atoms with van der Waals surface area (Å²) in [5.74, 6) is 0.489. The van der Waals surface area contributed by atoms with E-state index in [4.69, 9.17) is 4.74 Å². The molecule has 5 nitrogen and oxygen atoms in total. The van der Waals surface area contributed by atoms with Crippen LogP contribution in [0.25, 0.3) is 0 Å². The molecule has 1 aliphatic rings. The third-order valence-corrected chi connectivity index (χ3v) is 4.08. The number of hydrogen-bond acceptors (Lipinski definition) is 3. The van der Waals surface area contributed by atoms with Gasteiger partial charge in [0.2, 0.25) is 5.91 Å². The van der Waals surface area contributed by atoms with Crippen LogP contribution in [0.1, 0.15) is 24.0 Å². The lowest BCUT2D eigenvalue weighted by molar-refractivity contribution is -0.120. The number of hydrogen-bond donors (Lipinski definition) is 1. The third-order valence-electron chi connectivity index (χ3n) is 4.08. The molecule has 0 aliphatic carbocycles. The first-order valence-corrected chi connectivity index (χ1v) is 7.73. The molecule has 0 spiro atoms. The molecule has 1 N–H and O–H groups in total. The van der Waals surface area contributed by atoms with Crippen molar-refractivity contribution in [2.24, 2.45) is 5.92 Å². The van der Waals surface area contributed by atoms with Crippen LogP contribution >= 0.6 is 0 Å². The summed E-state index contributed by atoms with van der Waals surface area (Å²) in [5.41, 5.74) is 2.21. The van der Waals surface area contributed by atoms with Gasteiger partial charge in [-0.15, -0.1) is 0 Å². The van der Waals surface area contributed by atoms with Crippen molar-refractivity contribution in [3.8, 4) is 0 Å². The quantitative estimate of drug-likeness (QED) is 0.927. The predicted octanol–water partition coefficient (Wildman–Crippen LogP) is 2.13. The van der Waals surface area contributed by atoms with Crippen LogP contribution in [0.5, 0.6) is 0 Å². The normalized spacial score (nSPS) is 15.5. The smallest absolute Gasteiger partial charge is 0.409 e. The number of carbonyl (C=O) groups is 2. The number of nitrogens with one attached hydrogen (secondary N) is 1. The summed E-state index contributed by atoms with van der Waals surface area (Å²) >= 11 is 0. The summed E-state index contributed by atoms with van der Waals surface area (Å²) in [5, 5.41) is 3.00. The van der Waals surface area contributed by atoms with Crippen LogP contribution in [0.2, 0.25) is 0 Å². The van der Waals surface area contributed by atoms with Gasteiger partial charge in [0, 0.05) is 19.6 Å². The minimum absolute atomic E-state index is 0.0565. The van der Waals surface area contributed by atoms with Gasteiger partial charge >= 0.3 is 6.09 Å². The highest BCUT2D eigenvalue weighted by Gasteiger charge is 2.23. The second-order valence-corrected chi connectivity index (χ2v) is 5.87. The molecule has 0 unspecified atom stereocenters. The van der Waals surface area contributed by atoms with Crippen molar-refractivity contribution in [3.05, 3.63) is 35.4 Å². The Hall–Kier alpha value is -2.04. The highest BCUT2D eigenvalue weighted by Crippen LogP contribution is 2.17. The Morgan fingerprint density at radius 3 is 2.68 bits per heavy atom. The van der Waals surface area contributed by atoms with Gasteiger partial charge in [-0.1, -0.05) is 29.8 Å². The van der Waals surface area contributed by atoms with Gasteiger partial charge in [-0.2, -0.15) is 0 Å². The van der Waals surface area contributed by atoms with Crippen LogP contribution in [-0.4, -0.2) is 43.6 Å². The molecule has 0 atom stereocenters. The van der Waals surface area contributed by atoms with E-state index in [1.165, 1.54) is 12.7 Å². The molecule has 1 aliphatic heterocycles. The highest BCUT2D eigenvalue weighted by atomic mass is 16.5. The molecule has 2 amide bonds. The average molecular weight is 304 g/mol. The van der Waals surface area contributed by atoms with Crippen molar-refractivity contribution < 1.29 is 14.3 Å². The van der Waals surface area contributed by atoms with E-state index in [2.05, 4.69) is 5.32 Å². The number of carbonyl (C=O) groups excluding carboxylic acids is 2. The Kier molecular flexibility index (Phi) is 5.81. The lowest BCUT2D eigenvalue weighted by atomic mass is 9.97. The van der Waals surface area contributed by atoms with Crippen molar-refractivity contribution in [1.29, 1.82) is 0 Å². The zero-order valence-corrected chi connectivity index (χ0v) is 13.3. The van der Waals surface area contributed by atoms with Crippen molar-refractivity contribution >= 4 is 12.0 Å². The van der Waals surface area contributed by atoms with Crippen LogP contribution < -0.4 is 5.32 Å². The summed E-state index contributed by atoms with van der Waals surface area (Å²) in [4.78, 5) is 25.1. The average Bonchev–Trinajstić information content (AvgIpc) is 2.52. The molecule has 2 rings (SSSR count). The number of methoxy groups -OCH3 is 1. The van der Waals surface area contributed by atoms with Gasteiger partial charge in [-0.05, 0) is 31.2 Å². The number of amides is 2. The number of likely N-dealkylation sites (tertiary alicyclic amines) is 1. The van der Waals surface area contributed by atoms with Gasteiger partial charge in [-0.25, -0.2) is 4.79 Å². The van der Waals surface area contributed by atoms with Crippen LogP contribution in [-0.2, 0) is 16.0 Å². The van der Waals surface area contributed by atoms with Crippen LogP contribution in [0, 0.1) is 12.8 Å². The van der Waals surface area contributed by atoms with Gasteiger partial charge in [-0.3, -0.25) is 4.79 Å². The minimum atomic E-state index is -0.262. The first kappa shape index (κ1) is 16.3. The lowest BCUT2D eigenvalue weighted by Gasteiger charge is -2.30. The summed E-state index contributed by atoms with van der Waals surface area (Å²) < 4.78 is 4.72. The van der Waals surface area contributed by atoms with Gasteiger partial charge in [0.1, 0.15) is 0 Å². The number of aryl methyl sites for hydroxylation is 1. The molecule has 0 saturated carbocycles. The molecular weight excluding hydrogens is 280 g/mol. The maximum absolute atomic E-state index is 12.0. The molecular formula is C17H24N2O3. The van der Waals surface area contributed by atoms with E-state index in [9.17, 15) is 9.59 Å². The maximum atomic E-state index is 12.0. The van der Waals surface area contributed by atoms with E-state index in [1.807, 2.05) is 31.2 Å². The minimum Gasteiger partial charge on any atom is -0.453 e. The Labute approximate surface area is 131 Å². The van der Waals surface area contributed by atoms with Gasteiger partial charge in [0.25, 0.3) is 0 Å². The summed E-state index contributed by atoms with van der Waals surface area (Å²) in [6.07, 6.45) is 1.96. The number of piperidine rings is 1. The van der Waals surface area contributed by atoms with Gasteiger partial charge in [0.05, 0.1) is 13.5 Å². The first-order valence-electron chi connectivity index (χ1n) is 7.73. The molecule has 1 heterocycles. The molecule has 1 aromatic carbocycles. The predicted molar refractivity (Wildman–Crippen MR) is 84.6 cm³/mol. The lowest BCUT2D eigenvalue weighted by Crippen LogP contribution is -2.41. The molecule has 0 aromatic heterocycles. The Morgan fingerprint density at radius 2 is 2.05 bits per heavy atom. The maximum Gasteiger partial charge on any atom is 0.409 e.